The van der Waals surface area contributed by atoms with Crippen molar-refractivity contribution < 1.29 is 23.5 Å². The number of anilines is 1. The number of nitrogens with one attached hydrogen (secondary N) is 1. The summed E-state index contributed by atoms with van der Waals surface area (Å²) in [5, 5.41) is 5.28. The van der Waals surface area contributed by atoms with Gasteiger partial charge in [0, 0.05) is 41.9 Å². The summed E-state index contributed by atoms with van der Waals surface area (Å²) >= 11 is 7.67. The van der Waals surface area contributed by atoms with Crippen molar-refractivity contribution in [2.45, 2.75) is 12.5 Å². The zero-order valence-corrected chi connectivity index (χ0v) is 21.4. The molecule has 1 atom stereocenters. The largest absolute Gasteiger partial charge is 0.491 e. The van der Waals surface area contributed by atoms with Crippen LogP contribution in [0, 0.1) is 5.82 Å². The van der Waals surface area contributed by atoms with Crippen LogP contribution in [0.15, 0.2) is 60.0 Å². The number of amides is 3. The Balaban J connectivity index is 1.49. The van der Waals surface area contributed by atoms with Crippen LogP contribution in [0.5, 0.6) is 5.75 Å². The molecule has 0 fully saturated rings. The maximum atomic E-state index is 13.6. The van der Waals surface area contributed by atoms with Crippen molar-refractivity contribution in [1.82, 2.24) is 9.80 Å². The van der Waals surface area contributed by atoms with Crippen molar-refractivity contribution in [3.8, 4) is 5.75 Å². The van der Waals surface area contributed by atoms with E-state index in [1.807, 2.05) is 11.4 Å². The first kappa shape index (κ1) is 25.9. The Labute approximate surface area is 218 Å². The van der Waals surface area contributed by atoms with Gasteiger partial charge in [0.05, 0.1) is 12.6 Å². The average Bonchev–Trinajstić information content (AvgIpc) is 3.34. The van der Waals surface area contributed by atoms with Crippen LogP contribution in [0.3, 0.4) is 0 Å². The van der Waals surface area contributed by atoms with E-state index in [9.17, 15) is 14.0 Å². The Kier molecular flexibility index (Phi) is 8.79. The molecule has 0 saturated carbocycles. The van der Waals surface area contributed by atoms with E-state index >= 15 is 0 Å². The van der Waals surface area contributed by atoms with Crippen molar-refractivity contribution in [2.75, 3.05) is 45.3 Å². The lowest BCUT2D eigenvalue weighted by Gasteiger charge is -2.37. The van der Waals surface area contributed by atoms with Crippen LogP contribution in [0.4, 0.5) is 14.9 Å². The molecule has 36 heavy (non-hydrogen) atoms. The third-order valence-electron chi connectivity index (χ3n) is 5.87. The SMILES string of the molecule is COCCN(CC(=O)N1CCc2sccc2[C@H]1COc1cccc(F)c1)C(=O)Nc1cccc(Cl)c1. The van der Waals surface area contributed by atoms with E-state index < -0.39 is 6.03 Å². The first-order valence-corrected chi connectivity index (χ1v) is 12.7. The predicted octanol–water partition coefficient (Wildman–Crippen LogP) is 5.23. The Hall–Kier alpha value is -3.14. The molecule has 2 heterocycles. The molecule has 1 aromatic heterocycles. The van der Waals surface area contributed by atoms with Gasteiger partial charge in [-0.3, -0.25) is 4.79 Å². The second kappa shape index (κ2) is 12.2. The van der Waals surface area contributed by atoms with Gasteiger partial charge in [0.15, 0.2) is 0 Å². The number of rotatable bonds is 9. The number of carbonyl (C=O) groups is 2. The Morgan fingerprint density at radius 3 is 2.83 bits per heavy atom. The van der Waals surface area contributed by atoms with E-state index in [4.69, 9.17) is 21.1 Å². The van der Waals surface area contributed by atoms with E-state index in [-0.39, 0.29) is 44.1 Å². The van der Waals surface area contributed by atoms with Crippen LogP contribution < -0.4 is 10.1 Å². The van der Waals surface area contributed by atoms with Crippen molar-refractivity contribution in [3.63, 3.8) is 0 Å². The molecular formula is C26H27ClFN3O4S. The molecule has 2 aromatic carbocycles. The molecule has 0 radical (unpaired) electrons. The van der Waals surface area contributed by atoms with Crippen molar-refractivity contribution in [3.05, 3.63) is 81.3 Å². The third kappa shape index (κ3) is 6.54. The molecule has 3 aromatic rings. The lowest BCUT2D eigenvalue weighted by atomic mass is 10.0. The first-order valence-electron chi connectivity index (χ1n) is 11.5. The van der Waals surface area contributed by atoms with Crippen LogP contribution >= 0.6 is 22.9 Å². The fourth-order valence-electron chi connectivity index (χ4n) is 4.08. The molecule has 1 aliphatic heterocycles. The molecule has 10 heteroatoms. The smallest absolute Gasteiger partial charge is 0.322 e. The van der Waals surface area contributed by atoms with E-state index in [0.717, 1.165) is 12.0 Å². The number of nitrogens with zero attached hydrogens (tertiary/aromatic N) is 2. The molecule has 1 N–H and O–H groups in total. The second-order valence-corrected chi connectivity index (χ2v) is 9.71. The molecule has 0 aliphatic carbocycles. The van der Waals surface area contributed by atoms with Gasteiger partial charge in [0.2, 0.25) is 5.91 Å². The molecule has 0 spiro atoms. The number of ether oxygens (including phenoxy) is 2. The van der Waals surface area contributed by atoms with Crippen LogP contribution in [-0.4, -0.2) is 61.7 Å². The molecular weight excluding hydrogens is 505 g/mol. The average molecular weight is 532 g/mol. The van der Waals surface area contributed by atoms with Crippen LogP contribution in [0.25, 0.3) is 0 Å². The normalized spacial score (nSPS) is 14.8. The van der Waals surface area contributed by atoms with Gasteiger partial charge in [0.25, 0.3) is 0 Å². The summed E-state index contributed by atoms with van der Waals surface area (Å²) in [4.78, 5) is 30.9. The summed E-state index contributed by atoms with van der Waals surface area (Å²) < 4.78 is 24.7. The van der Waals surface area contributed by atoms with Gasteiger partial charge in [-0.05, 0) is 53.8 Å². The van der Waals surface area contributed by atoms with Gasteiger partial charge in [-0.1, -0.05) is 23.7 Å². The number of methoxy groups -OCH3 is 1. The molecule has 190 valence electrons. The summed E-state index contributed by atoms with van der Waals surface area (Å²) in [7, 11) is 1.54. The number of hydrogen-bond acceptors (Lipinski definition) is 5. The fraction of sp³-hybridized carbons (Fsp3) is 0.308. The van der Waals surface area contributed by atoms with Gasteiger partial charge in [-0.2, -0.15) is 0 Å². The molecule has 0 unspecified atom stereocenters. The van der Waals surface area contributed by atoms with E-state index in [2.05, 4.69) is 5.32 Å². The minimum atomic E-state index is -0.427. The Morgan fingerprint density at radius 1 is 1.22 bits per heavy atom. The van der Waals surface area contributed by atoms with Crippen LogP contribution in [0.1, 0.15) is 16.5 Å². The molecule has 0 bridgehead atoms. The highest BCUT2D eigenvalue weighted by Gasteiger charge is 2.33. The van der Waals surface area contributed by atoms with Crippen molar-refractivity contribution in [2.24, 2.45) is 0 Å². The minimum absolute atomic E-state index is 0.133. The third-order valence-corrected chi connectivity index (χ3v) is 7.11. The van der Waals surface area contributed by atoms with E-state index in [1.54, 1.807) is 52.6 Å². The number of benzene rings is 2. The van der Waals surface area contributed by atoms with Gasteiger partial charge in [-0.25, -0.2) is 9.18 Å². The quantitative estimate of drug-likeness (QED) is 0.410. The lowest BCUT2D eigenvalue weighted by molar-refractivity contribution is -0.135. The lowest BCUT2D eigenvalue weighted by Crippen LogP contribution is -2.49. The summed E-state index contributed by atoms with van der Waals surface area (Å²) in [5.41, 5.74) is 1.55. The number of thiophene rings is 1. The summed E-state index contributed by atoms with van der Waals surface area (Å²) in [6, 6.07) is 14.0. The summed E-state index contributed by atoms with van der Waals surface area (Å²) in [5.74, 6) is -0.204. The van der Waals surface area contributed by atoms with E-state index in [0.29, 0.717) is 23.0 Å². The highest BCUT2D eigenvalue weighted by Crippen LogP contribution is 2.34. The highest BCUT2D eigenvalue weighted by molar-refractivity contribution is 7.10. The number of carbonyl (C=O) groups excluding carboxylic acids is 2. The number of fused-ring (bicyclic) bond motifs is 1. The molecule has 0 saturated heterocycles. The summed E-state index contributed by atoms with van der Waals surface area (Å²) in [6.45, 7) is 1.04. The Bertz CT molecular complexity index is 1210. The number of urea groups is 1. The van der Waals surface area contributed by atoms with Gasteiger partial charge >= 0.3 is 6.03 Å². The molecule has 4 rings (SSSR count). The second-order valence-electron chi connectivity index (χ2n) is 8.28. The molecule has 1 aliphatic rings. The molecule has 7 nitrogen and oxygen atoms in total. The monoisotopic (exact) mass is 531 g/mol. The van der Waals surface area contributed by atoms with E-state index in [1.165, 1.54) is 29.0 Å². The standard InChI is InChI=1S/C26H27ClFN3O4S/c1-34-12-11-30(26(33)29-20-6-2-4-18(27)14-20)16-25(32)31-10-8-24-22(9-13-36-24)23(31)17-35-21-7-3-5-19(28)15-21/h2-7,9,13-15,23H,8,10-12,16-17H2,1H3,(H,29,33)/t23-/m1/s1. The van der Waals surface area contributed by atoms with Gasteiger partial charge in [0.1, 0.15) is 24.7 Å². The zero-order valence-electron chi connectivity index (χ0n) is 19.8. The van der Waals surface area contributed by atoms with Gasteiger partial charge in [-0.15, -0.1) is 11.3 Å². The topological polar surface area (TPSA) is 71.1 Å². The summed E-state index contributed by atoms with van der Waals surface area (Å²) in [6.07, 6.45) is 0.724. The number of hydrogen-bond donors (Lipinski definition) is 1. The number of halogens is 2. The first-order chi connectivity index (χ1) is 17.4. The maximum Gasteiger partial charge on any atom is 0.322 e. The van der Waals surface area contributed by atoms with Gasteiger partial charge < -0.3 is 24.6 Å². The Morgan fingerprint density at radius 2 is 2.06 bits per heavy atom. The van der Waals surface area contributed by atoms with Crippen LogP contribution in [-0.2, 0) is 16.0 Å². The zero-order chi connectivity index (χ0) is 25.5. The van der Waals surface area contributed by atoms with Crippen molar-refractivity contribution >= 4 is 40.6 Å². The van der Waals surface area contributed by atoms with Crippen LogP contribution in [0.2, 0.25) is 5.02 Å². The minimum Gasteiger partial charge on any atom is -0.491 e. The molecule has 3 amide bonds. The fourth-order valence-corrected chi connectivity index (χ4v) is 5.20. The maximum absolute atomic E-state index is 13.6. The highest BCUT2D eigenvalue weighted by atomic mass is 35.5. The van der Waals surface area contributed by atoms with Crippen molar-refractivity contribution in [1.29, 1.82) is 0 Å². The predicted molar refractivity (Wildman–Crippen MR) is 138 cm³/mol.